The molecule has 1 amide bonds. The van der Waals surface area contributed by atoms with Gasteiger partial charge in [-0.2, -0.15) is 5.10 Å². The van der Waals surface area contributed by atoms with Gasteiger partial charge in [0.15, 0.2) is 0 Å². The Kier molecular flexibility index (Phi) is 4.20. The highest BCUT2D eigenvalue weighted by atomic mass is 19.1. The lowest BCUT2D eigenvalue weighted by Crippen LogP contribution is -2.29. The van der Waals surface area contributed by atoms with Crippen LogP contribution in [0.25, 0.3) is 0 Å². The zero-order valence-corrected chi connectivity index (χ0v) is 10.0. The van der Waals surface area contributed by atoms with E-state index in [0.717, 1.165) is 0 Å². The van der Waals surface area contributed by atoms with E-state index in [-0.39, 0.29) is 5.82 Å². The Morgan fingerprint density at radius 3 is 2.76 bits per heavy atom. The van der Waals surface area contributed by atoms with Gasteiger partial charge in [-0.25, -0.2) is 14.6 Å². The molecule has 17 heavy (non-hydrogen) atoms. The molecular formula is C12H15FN2O2. The first-order valence-electron chi connectivity index (χ1n) is 5.14. The third-order valence-electron chi connectivity index (χ3n) is 1.62. The SMILES string of the molecule is CC(C)(C)OC(=O)N/N=C\c1cccc(F)c1. The molecule has 1 aromatic rings. The van der Waals surface area contributed by atoms with E-state index in [1.807, 2.05) is 0 Å². The van der Waals surface area contributed by atoms with Crippen molar-refractivity contribution >= 4 is 12.3 Å². The first kappa shape index (κ1) is 13.2. The van der Waals surface area contributed by atoms with E-state index in [0.29, 0.717) is 5.56 Å². The lowest BCUT2D eigenvalue weighted by molar-refractivity contribution is 0.0529. The summed E-state index contributed by atoms with van der Waals surface area (Å²) in [7, 11) is 0. The molecule has 1 rings (SSSR count). The minimum Gasteiger partial charge on any atom is -0.443 e. The number of carbonyl (C=O) groups is 1. The number of ether oxygens (including phenoxy) is 1. The summed E-state index contributed by atoms with van der Waals surface area (Å²) in [4.78, 5) is 11.2. The maximum Gasteiger partial charge on any atom is 0.428 e. The monoisotopic (exact) mass is 238 g/mol. The Morgan fingerprint density at radius 1 is 1.47 bits per heavy atom. The summed E-state index contributed by atoms with van der Waals surface area (Å²) >= 11 is 0. The summed E-state index contributed by atoms with van der Waals surface area (Å²) < 4.78 is 17.8. The van der Waals surface area contributed by atoms with Crippen LogP contribution in [0.5, 0.6) is 0 Å². The minimum absolute atomic E-state index is 0.355. The highest BCUT2D eigenvalue weighted by Crippen LogP contribution is 2.06. The molecule has 0 aliphatic rings. The number of amides is 1. The smallest absolute Gasteiger partial charge is 0.428 e. The first-order chi connectivity index (χ1) is 7.87. The Bertz CT molecular complexity index is 425. The number of hydrogen-bond donors (Lipinski definition) is 1. The fourth-order valence-electron chi connectivity index (χ4n) is 1.05. The van der Waals surface area contributed by atoms with Gasteiger partial charge in [0, 0.05) is 0 Å². The molecule has 1 aromatic carbocycles. The summed E-state index contributed by atoms with van der Waals surface area (Å²) in [6, 6.07) is 5.87. The second-order valence-corrected chi connectivity index (χ2v) is 4.43. The van der Waals surface area contributed by atoms with Gasteiger partial charge in [-0.3, -0.25) is 0 Å². The molecule has 0 radical (unpaired) electrons. The number of nitrogens with one attached hydrogen (secondary N) is 1. The molecular weight excluding hydrogens is 223 g/mol. The van der Waals surface area contributed by atoms with Crippen molar-refractivity contribution < 1.29 is 13.9 Å². The van der Waals surface area contributed by atoms with Gasteiger partial charge in [0.05, 0.1) is 6.21 Å². The third kappa shape index (κ3) is 5.65. The molecule has 0 saturated carbocycles. The predicted octanol–water partition coefficient (Wildman–Crippen LogP) is 2.68. The van der Waals surface area contributed by atoms with Crippen molar-refractivity contribution in [2.75, 3.05) is 0 Å². The van der Waals surface area contributed by atoms with Gasteiger partial charge in [0.1, 0.15) is 11.4 Å². The van der Waals surface area contributed by atoms with Crippen molar-refractivity contribution in [2.45, 2.75) is 26.4 Å². The van der Waals surface area contributed by atoms with Gasteiger partial charge in [-0.05, 0) is 38.5 Å². The standard InChI is InChI=1S/C12H15FN2O2/c1-12(2,3)17-11(16)15-14-8-9-5-4-6-10(13)7-9/h4-8H,1-3H3,(H,15,16)/b14-8-. The van der Waals surface area contributed by atoms with Gasteiger partial charge in [-0.1, -0.05) is 12.1 Å². The summed E-state index contributed by atoms with van der Waals surface area (Å²) in [5, 5.41) is 3.65. The van der Waals surface area contributed by atoms with Crippen molar-refractivity contribution in [1.29, 1.82) is 0 Å². The Balaban J connectivity index is 2.48. The van der Waals surface area contributed by atoms with Crippen LogP contribution in [0.1, 0.15) is 26.3 Å². The van der Waals surface area contributed by atoms with Crippen LogP contribution in [-0.2, 0) is 4.74 Å². The van der Waals surface area contributed by atoms with Gasteiger partial charge < -0.3 is 4.74 Å². The van der Waals surface area contributed by atoms with Gasteiger partial charge in [0.2, 0.25) is 0 Å². The second-order valence-electron chi connectivity index (χ2n) is 4.43. The number of nitrogens with zero attached hydrogens (tertiary/aromatic N) is 1. The Morgan fingerprint density at radius 2 is 2.18 bits per heavy atom. The molecule has 0 spiro atoms. The van der Waals surface area contributed by atoms with Crippen molar-refractivity contribution in [3.8, 4) is 0 Å². The highest BCUT2D eigenvalue weighted by Gasteiger charge is 2.15. The third-order valence-corrected chi connectivity index (χ3v) is 1.62. The molecule has 1 N–H and O–H groups in total. The zero-order chi connectivity index (χ0) is 12.9. The van der Waals surface area contributed by atoms with E-state index in [2.05, 4.69) is 10.5 Å². The summed E-state index contributed by atoms with van der Waals surface area (Å²) in [5.41, 5.74) is 2.18. The van der Waals surface area contributed by atoms with Gasteiger partial charge in [-0.15, -0.1) is 0 Å². The topological polar surface area (TPSA) is 50.7 Å². The summed E-state index contributed by atoms with van der Waals surface area (Å²) in [5.74, 6) is -0.355. The van der Waals surface area contributed by atoms with Crippen LogP contribution in [0.2, 0.25) is 0 Å². The van der Waals surface area contributed by atoms with Crippen LogP contribution in [0.3, 0.4) is 0 Å². The number of hydrogen-bond acceptors (Lipinski definition) is 3. The molecule has 0 unspecified atom stereocenters. The lowest BCUT2D eigenvalue weighted by Gasteiger charge is -2.18. The molecule has 4 nitrogen and oxygen atoms in total. The van der Waals surface area contributed by atoms with E-state index >= 15 is 0 Å². The predicted molar refractivity (Wildman–Crippen MR) is 63.4 cm³/mol. The van der Waals surface area contributed by atoms with E-state index in [1.54, 1.807) is 32.9 Å². The van der Waals surface area contributed by atoms with Crippen molar-refractivity contribution in [1.82, 2.24) is 5.43 Å². The lowest BCUT2D eigenvalue weighted by atomic mass is 10.2. The van der Waals surface area contributed by atoms with Crippen LogP contribution < -0.4 is 5.43 Å². The highest BCUT2D eigenvalue weighted by molar-refractivity contribution is 5.80. The van der Waals surface area contributed by atoms with Crippen LogP contribution in [-0.4, -0.2) is 17.9 Å². The molecule has 0 heterocycles. The van der Waals surface area contributed by atoms with Crippen molar-refractivity contribution in [3.63, 3.8) is 0 Å². The molecule has 0 aromatic heterocycles. The Labute approximate surface area is 99.5 Å². The summed E-state index contributed by atoms with van der Waals surface area (Å²) in [6.07, 6.45) is 0.692. The van der Waals surface area contributed by atoms with Crippen LogP contribution in [0, 0.1) is 5.82 Å². The molecule has 0 atom stereocenters. The van der Waals surface area contributed by atoms with E-state index < -0.39 is 11.7 Å². The fraction of sp³-hybridized carbons (Fsp3) is 0.333. The van der Waals surface area contributed by atoms with Gasteiger partial charge >= 0.3 is 6.09 Å². The van der Waals surface area contributed by atoms with E-state index in [4.69, 9.17) is 4.74 Å². The fourth-order valence-corrected chi connectivity index (χ4v) is 1.05. The maximum absolute atomic E-state index is 12.8. The minimum atomic E-state index is -0.648. The molecule has 92 valence electrons. The molecule has 0 aliphatic carbocycles. The first-order valence-corrected chi connectivity index (χ1v) is 5.14. The molecule has 0 fully saturated rings. The molecule has 0 bridgehead atoms. The van der Waals surface area contributed by atoms with E-state index in [1.165, 1.54) is 18.3 Å². The quantitative estimate of drug-likeness (QED) is 0.636. The zero-order valence-electron chi connectivity index (χ0n) is 10.0. The normalized spacial score (nSPS) is 11.5. The maximum atomic E-state index is 12.8. The average Bonchev–Trinajstić information content (AvgIpc) is 2.14. The number of benzene rings is 1. The van der Waals surface area contributed by atoms with Crippen LogP contribution in [0.15, 0.2) is 29.4 Å². The van der Waals surface area contributed by atoms with Crippen molar-refractivity contribution in [2.24, 2.45) is 5.10 Å². The number of rotatable bonds is 2. The second kappa shape index (κ2) is 5.43. The Hall–Kier alpha value is -1.91. The number of carbonyl (C=O) groups excluding carboxylic acids is 1. The average molecular weight is 238 g/mol. The molecule has 0 saturated heterocycles. The van der Waals surface area contributed by atoms with Gasteiger partial charge in [0.25, 0.3) is 0 Å². The number of hydrazone groups is 1. The largest absolute Gasteiger partial charge is 0.443 e. The molecule has 5 heteroatoms. The van der Waals surface area contributed by atoms with Crippen LogP contribution >= 0.6 is 0 Å². The summed E-state index contributed by atoms with van der Waals surface area (Å²) in [6.45, 7) is 5.26. The number of halogens is 1. The molecule has 0 aliphatic heterocycles. The van der Waals surface area contributed by atoms with Crippen molar-refractivity contribution in [3.05, 3.63) is 35.6 Å². The van der Waals surface area contributed by atoms with Crippen LogP contribution in [0.4, 0.5) is 9.18 Å². The van der Waals surface area contributed by atoms with E-state index in [9.17, 15) is 9.18 Å².